The number of benzene rings is 3. The van der Waals surface area contributed by atoms with Crippen LogP contribution in [0.1, 0.15) is 22.8 Å². The molecule has 0 aromatic heterocycles. The lowest BCUT2D eigenvalue weighted by Crippen LogP contribution is -2.16. The molecule has 0 aliphatic heterocycles. The van der Waals surface area contributed by atoms with Crippen molar-refractivity contribution in [3.05, 3.63) is 89.0 Å². The van der Waals surface area contributed by atoms with E-state index in [0.717, 1.165) is 16.9 Å². The van der Waals surface area contributed by atoms with Gasteiger partial charge in [0.25, 0.3) is 6.47 Å². The van der Waals surface area contributed by atoms with Gasteiger partial charge in [-0.3, -0.25) is 4.79 Å². The monoisotopic (exact) mass is 451 g/mol. The molecule has 164 valence electrons. The van der Waals surface area contributed by atoms with Crippen LogP contribution in [0.2, 0.25) is 5.02 Å². The van der Waals surface area contributed by atoms with Gasteiger partial charge in [0.1, 0.15) is 5.75 Å². The summed E-state index contributed by atoms with van der Waals surface area (Å²) < 4.78 is 16.1. The van der Waals surface area contributed by atoms with Gasteiger partial charge < -0.3 is 19.1 Å². The Morgan fingerprint density at radius 3 is 2.44 bits per heavy atom. The highest BCUT2D eigenvalue weighted by atomic mass is 35.5. The number of allylic oxidation sites excluding steroid dienone is 1. The van der Waals surface area contributed by atoms with E-state index < -0.39 is 5.97 Å². The van der Waals surface area contributed by atoms with Crippen molar-refractivity contribution in [2.75, 3.05) is 19.1 Å². The fourth-order valence-electron chi connectivity index (χ4n) is 3.23. The van der Waals surface area contributed by atoms with Crippen molar-refractivity contribution in [2.45, 2.75) is 6.92 Å². The number of ether oxygens (including phenoxy) is 3. The molecular formula is C25H22ClNO5. The van der Waals surface area contributed by atoms with Crippen LogP contribution in [0.5, 0.6) is 17.2 Å². The number of hydrogen-bond donors (Lipinski definition) is 0. The van der Waals surface area contributed by atoms with Crippen molar-refractivity contribution in [1.82, 2.24) is 0 Å². The number of carbonyl (C=O) groups is 2. The molecule has 3 rings (SSSR count). The van der Waals surface area contributed by atoms with E-state index in [1.54, 1.807) is 42.5 Å². The molecule has 0 spiro atoms. The number of esters is 1. The zero-order chi connectivity index (χ0) is 23.1. The third kappa shape index (κ3) is 5.10. The molecule has 0 saturated heterocycles. The first-order valence-electron chi connectivity index (χ1n) is 9.74. The summed E-state index contributed by atoms with van der Waals surface area (Å²) >= 11 is 5.98. The first-order valence-corrected chi connectivity index (χ1v) is 10.1. The summed E-state index contributed by atoms with van der Waals surface area (Å²) in [5.74, 6) is 0.545. The van der Waals surface area contributed by atoms with Crippen LogP contribution in [0, 0.1) is 0 Å². The first-order chi connectivity index (χ1) is 15.5. The van der Waals surface area contributed by atoms with Gasteiger partial charge in [0.15, 0.2) is 11.5 Å². The zero-order valence-electron chi connectivity index (χ0n) is 17.9. The molecule has 0 unspecified atom stereocenters. The molecule has 0 aliphatic rings. The van der Waals surface area contributed by atoms with E-state index in [9.17, 15) is 9.59 Å². The average molecular weight is 452 g/mol. The second-order valence-corrected chi connectivity index (χ2v) is 7.11. The van der Waals surface area contributed by atoms with Gasteiger partial charge in [0.2, 0.25) is 0 Å². The van der Waals surface area contributed by atoms with Gasteiger partial charge in [-0.05, 0) is 49.4 Å². The molecule has 3 aromatic carbocycles. The molecule has 0 aliphatic carbocycles. The number of nitrogens with zero attached hydrogens (tertiary/aromatic N) is 1. The predicted octanol–water partition coefficient (Wildman–Crippen LogP) is 5.60. The maximum Gasteiger partial charge on any atom is 0.343 e. The van der Waals surface area contributed by atoms with E-state index in [2.05, 4.69) is 0 Å². The molecule has 32 heavy (non-hydrogen) atoms. The minimum absolute atomic E-state index is 0.259. The van der Waals surface area contributed by atoms with Gasteiger partial charge in [-0.25, -0.2) is 4.79 Å². The molecular weight excluding hydrogens is 430 g/mol. The van der Waals surface area contributed by atoms with Crippen LogP contribution in [0.4, 0.5) is 5.69 Å². The summed E-state index contributed by atoms with van der Waals surface area (Å²) in [7, 11) is 3.36. The fourth-order valence-corrected chi connectivity index (χ4v) is 3.42. The second-order valence-electron chi connectivity index (χ2n) is 6.68. The second kappa shape index (κ2) is 10.5. The molecule has 0 amide bonds. The highest BCUT2D eigenvalue weighted by Gasteiger charge is 2.18. The Hall–Kier alpha value is -3.77. The van der Waals surface area contributed by atoms with Crippen LogP contribution >= 0.6 is 11.6 Å². The molecule has 6 nitrogen and oxygen atoms in total. The fraction of sp³-hybridized carbons (Fsp3) is 0.120. The molecule has 0 atom stereocenters. The maximum atomic E-state index is 12.6. The highest BCUT2D eigenvalue weighted by molar-refractivity contribution is 6.30. The SMILES string of the molecule is C/C=C(\c1ccccc1OC=O)N(C)c1ccc(OC)c(OC(=O)c2cccc(Cl)c2)c1. The van der Waals surface area contributed by atoms with Crippen molar-refractivity contribution in [1.29, 1.82) is 0 Å². The normalized spacial score (nSPS) is 10.9. The number of halogens is 1. The van der Waals surface area contributed by atoms with Crippen LogP contribution in [-0.4, -0.2) is 26.6 Å². The molecule has 0 fully saturated rings. The molecule has 0 radical (unpaired) electrons. The minimum Gasteiger partial charge on any atom is -0.493 e. The molecule has 0 bridgehead atoms. The van der Waals surface area contributed by atoms with E-state index in [4.69, 9.17) is 25.8 Å². The molecule has 0 N–H and O–H groups in total. The average Bonchev–Trinajstić information content (AvgIpc) is 2.80. The van der Waals surface area contributed by atoms with Gasteiger partial charge in [-0.1, -0.05) is 35.9 Å². The van der Waals surface area contributed by atoms with E-state index in [0.29, 0.717) is 28.6 Å². The van der Waals surface area contributed by atoms with Crippen LogP contribution in [0.15, 0.2) is 72.8 Å². The third-order valence-corrected chi connectivity index (χ3v) is 5.01. The number of methoxy groups -OCH3 is 1. The van der Waals surface area contributed by atoms with Crippen molar-refractivity contribution in [3.8, 4) is 17.2 Å². The molecule has 0 saturated carbocycles. The van der Waals surface area contributed by atoms with E-state index in [1.807, 2.05) is 43.1 Å². The van der Waals surface area contributed by atoms with Gasteiger partial charge in [-0.2, -0.15) is 0 Å². The highest BCUT2D eigenvalue weighted by Crippen LogP contribution is 2.36. The van der Waals surface area contributed by atoms with Crippen molar-refractivity contribution >= 4 is 35.4 Å². The van der Waals surface area contributed by atoms with Crippen molar-refractivity contribution in [3.63, 3.8) is 0 Å². The number of anilines is 1. The lowest BCUT2D eigenvalue weighted by molar-refractivity contribution is -0.120. The summed E-state index contributed by atoms with van der Waals surface area (Å²) in [6.07, 6.45) is 1.90. The number of hydrogen-bond acceptors (Lipinski definition) is 6. The lowest BCUT2D eigenvalue weighted by atomic mass is 10.1. The zero-order valence-corrected chi connectivity index (χ0v) is 18.6. The Labute approximate surface area is 191 Å². The minimum atomic E-state index is -0.554. The van der Waals surface area contributed by atoms with Crippen LogP contribution in [0.3, 0.4) is 0 Å². The summed E-state index contributed by atoms with van der Waals surface area (Å²) in [4.78, 5) is 25.4. The molecule has 0 heterocycles. The summed E-state index contributed by atoms with van der Waals surface area (Å²) in [5.41, 5.74) is 2.58. The Morgan fingerprint density at radius 2 is 1.75 bits per heavy atom. The van der Waals surface area contributed by atoms with Crippen molar-refractivity contribution < 1.29 is 23.8 Å². The van der Waals surface area contributed by atoms with Gasteiger partial charge in [-0.15, -0.1) is 0 Å². The smallest absolute Gasteiger partial charge is 0.343 e. The summed E-state index contributed by atoms with van der Waals surface area (Å²) in [5, 5.41) is 0.439. The summed E-state index contributed by atoms with van der Waals surface area (Å²) in [6, 6.07) is 19.0. The van der Waals surface area contributed by atoms with Gasteiger partial charge in [0.05, 0.1) is 12.7 Å². The van der Waals surface area contributed by atoms with Crippen LogP contribution in [-0.2, 0) is 4.79 Å². The van der Waals surface area contributed by atoms with E-state index in [1.165, 1.54) is 13.2 Å². The standard InChI is InChI=1S/C25H22ClNO5/c1-4-21(20-10-5-6-11-22(20)31-16-28)27(2)19-12-13-23(30-3)24(15-19)32-25(29)17-8-7-9-18(26)14-17/h4-16H,1-3H3/b21-4+. The van der Waals surface area contributed by atoms with Gasteiger partial charge >= 0.3 is 5.97 Å². The number of rotatable bonds is 8. The Balaban J connectivity index is 1.94. The third-order valence-electron chi connectivity index (χ3n) is 4.77. The Morgan fingerprint density at radius 1 is 0.969 bits per heavy atom. The lowest BCUT2D eigenvalue weighted by Gasteiger charge is -2.25. The largest absolute Gasteiger partial charge is 0.493 e. The van der Waals surface area contributed by atoms with Gasteiger partial charge in [0, 0.05) is 35.1 Å². The topological polar surface area (TPSA) is 65.1 Å². The first kappa shape index (κ1) is 22.9. The van der Waals surface area contributed by atoms with E-state index in [-0.39, 0.29) is 5.75 Å². The molecule has 7 heteroatoms. The number of para-hydroxylation sites is 1. The van der Waals surface area contributed by atoms with Crippen LogP contribution in [0.25, 0.3) is 5.70 Å². The summed E-state index contributed by atoms with van der Waals surface area (Å²) in [6.45, 7) is 2.28. The maximum absolute atomic E-state index is 12.6. The Kier molecular flexibility index (Phi) is 7.52. The quantitative estimate of drug-likeness (QED) is 0.252. The Bertz CT molecular complexity index is 1160. The predicted molar refractivity (Wildman–Crippen MR) is 125 cm³/mol. The molecule has 3 aromatic rings. The van der Waals surface area contributed by atoms with Crippen molar-refractivity contribution in [2.24, 2.45) is 0 Å². The number of carbonyl (C=O) groups excluding carboxylic acids is 2. The van der Waals surface area contributed by atoms with E-state index >= 15 is 0 Å². The van der Waals surface area contributed by atoms with Crippen LogP contribution < -0.4 is 19.1 Å².